The van der Waals surface area contributed by atoms with Crippen LogP contribution in [-0.4, -0.2) is 29.3 Å². The molecule has 21 heavy (non-hydrogen) atoms. The largest absolute Gasteiger partial charge is 0.377 e. The van der Waals surface area contributed by atoms with Gasteiger partial charge in [0.1, 0.15) is 11.3 Å². The molecule has 0 amide bonds. The van der Waals surface area contributed by atoms with E-state index >= 15 is 0 Å². The van der Waals surface area contributed by atoms with Gasteiger partial charge >= 0.3 is 0 Å². The summed E-state index contributed by atoms with van der Waals surface area (Å²) in [5.41, 5.74) is 1.44. The molecule has 3 aromatic heterocycles. The minimum atomic E-state index is -1.14. The molecule has 0 aliphatic heterocycles. The van der Waals surface area contributed by atoms with Gasteiger partial charge < -0.3 is 5.11 Å². The number of aromatic nitrogens is 5. The molecule has 0 spiro atoms. The van der Waals surface area contributed by atoms with E-state index in [1.807, 2.05) is 11.7 Å². The highest BCUT2D eigenvalue weighted by Crippen LogP contribution is 2.40. The number of imidazole rings is 1. The van der Waals surface area contributed by atoms with Gasteiger partial charge in [0.15, 0.2) is 10.8 Å². The molecule has 1 aliphatic carbocycles. The fourth-order valence-electron chi connectivity index (χ4n) is 3.19. The Bertz CT molecular complexity index is 839. The lowest BCUT2D eigenvalue weighted by molar-refractivity contribution is 0.0514. The molecule has 1 atom stereocenters. The number of hydrogen-bond acceptors (Lipinski definition) is 4. The number of aliphatic hydroxyl groups is 1. The van der Waals surface area contributed by atoms with Crippen molar-refractivity contribution >= 4 is 17.1 Å². The predicted molar refractivity (Wildman–Crippen MR) is 77.1 cm³/mol. The maximum atomic E-state index is 11.3. The summed E-state index contributed by atoms with van der Waals surface area (Å²) < 4.78 is 3.63. The lowest BCUT2D eigenvalue weighted by Gasteiger charge is -2.31. The van der Waals surface area contributed by atoms with E-state index in [2.05, 4.69) is 15.1 Å². The first-order valence-corrected chi connectivity index (χ1v) is 7.21. The van der Waals surface area contributed by atoms with Crippen LogP contribution in [0, 0.1) is 0 Å². The van der Waals surface area contributed by atoms with E-state index in [1.165, 1.54) is 0 Å². The second kappa shape index (κ2) is 4.29. The summed E-state index contributed by atoms with van der Waals surface area (Å²) in [6, 6.07) is 0. The van der Waals surface area contributed by atoms with Crippen molar-refractivity contribution in [3.8, 4) is 0 Å². The van der Waals surface area contributed by atoms with Crippen molar-refractivity contribution in [3.63, 3.8) is 0 Å². The number of nitrogens with zero attached hydrogens (tertiary/aromatic N) is 5. The van der Waals surface area contributed by atoms with Crippen molar-refractivity contribution < 1.29 is 5.11 Å². The van der Waals surface area contributed by atoms with Crippen LogP contribution in [0.1, 0.15) is 29.9 Å². The number of rotatable bonds is 1. The Morgan fingerprint density at radius 2 is 2.19 bits per heavy atom. The Morgan fingerprint density at radius 3 is 3.05 bits per heavy atom. The maximum absolute atomic E-state index is 11.3. The maximum Gasteiger partial charge on any atom is 0.154 e. The second-order valence-corrected chi connectivity index (χ2v) is 5.76. The minimum absolute atomic E-state index is 0.377. The van der Waals surface area contributed by atoms with E-state index in [9.17, 15) is 5.11 Å². The molecule has 0 bridgehead atoms. The van der Waals surface area contributed by atoms with Gasteiger partial charge in [-0.2, -0.15) is 5.10 Å². The zero-order chi connectivity index (χ0) is 14.6. The van der Waals surface area contributed by atoms with Gasteiger partial charge in [-0.25, -0.2) is 9.97 Å². The molecule has 6 nitrogen and oxygen atoms in total. The molecule has 4 rings (SSSR count). The van der Waals surface area contributed by atoms with Crippen molar-refractivity contribution in [1.82, 2.24) is 24.1 Å². The highest BCUT2D eigenvalue weighted by Gasteiger charge is 2.41. The van der Waals surface area contributed by atoms with Crippen LogP contribution in [0.3, 0.4) is 0 Å². The molecule has 1 aliphatic rings. The van der Waals surface area contributed by atoms with Gasteiger partial charge in [0.2, 0.25) is 0 Å². The summed E-state index contributed by atoms with van der Waals surface area (Å²) in [5, 5.41) is 15.9. The Labute approximate surface area is 126 Å². The topological polar surface area (TPSA) is 68.2 Å². The van der Waals surface area contributed by atoms with E-state index in [1.54, 1.807) is 29.2 Å². The molecule has 108 valence electrons. The van der Waals surface area contributed by atoms with Crippen molar-refractivity contribution in [1.29, 1.82) is 0 Å². The Morgan fingerprint density at radius 1 is 1.33 bits per heavy atom. The Balaban J connectivity index is 1.98. The minimum Gasteiger partial charge on any atom is -0.377 e. The first-order valence-electron chi connectivity index (χ1n) is 6.83. The van der Waals surface area contributed by atoms with Crippen LogP contribution >= 0.6 is 11.6 Å². The lowest BCUT2D eigenvalue weighted by Crippen LogP contribution is -2.34. The van der Waals surface area contributed by atoms with Crippen molar-refractivity contribution in [2.24, 2.45) is 7.05 Å². The third-order valence-corrected chi connectivity index (χ3v) is 4.53. The zero-order valence-corrected chi connectivity index (χ0v) is 12.2. The normalized spacial score (nSPS) is 21.7. The molecule has 0 aromatic carbocycles. The van der Waals surface area contributed by atoms with Crippen LogP contribution < -0.4 is 0 Å². The van der Waals surface area contributed by atoms with E-state index in [-0.39, 0.29) is 0 Å². The standard InChI is InChI=1S/C14H14ClN5O/c1-19-10-3-2-4-14(21,9(10)7-18-19)13-17-8-11-12(15)16-5-6-20(11)13/h5-8,21H,2-4H2,1H3/t14-/m1/s1. The highest BCUT2D eigenvalue weighted by molar-refractivity contribution is 6.32. The number of fused-ring (bicyclic) bond motifs is 2. The Hall–Kier alpha value is -1.92. The zero-order valence-electron chi connectivity index (χ0n) is 11.5. The first kappa shape index (κ1) is 12.8. The summed E-state index contributed by atoms with van der Waals surface area (Å²) in [6.07, 6.45) is 9.18. The van der Waals surface area contributed by atoms with Gasteiger partial charge in [0.05, 0.1) is 12.4 Å². The second-order valence-electron chi connectivity index (χ2n) is 5.40. The number of halogens is 1. The van der Waals surface area contributed by atoms with Gasteiger partial charge in [-0.15, -0.1) is 0 Å². The van der Waals surface area contributed by atoms with Crippen molar-refractivity contribution in [3.05, 3.63) is 47.0 Å². The molecule has 3 heterocycles. The average molecular weight is 304 g/mol. The highest BCUT2D eigenvalue weighted by atomic mass is 35.5. The molecule has 0 unspecified atom stereocenters. The van der Waals surface area contributed by atoms with Gasteiger partial charge in [0.25, 0.3) is 0 Å². The summed E-state index contributed by atoms with van der Waals surface area (Å²) in [6.45, 7) is 0. The van der Waals surface area contributed by atoms with Crippen LogP contribution in [0.2, 0.25) is 5.15 Å². The fraction of sp³-hybridized carbons (Fsp3) is 0.357. The summed E-state index contributed by atoms with van der Waals surface area (Å²) >= 11 is 6.09. The van der Waals surface area contributed by atoms with Gasteiger partial charge in [-0.05, 0) is 19.3 Å². The van der Waals surface area contributed by atoms with E-state index < -0.39 is 5.60 Å². The molecule has 1 N–H and O–H groups in total. The van der Waals surface area contributed by atoms with Gasteiger partial charge in [-0.3, -0.25) is 9.08 Å². The molecule has 3 aromatic rings. The molecule has 0 radical (unpaired) electrons. The van der Waals surface area contributed by atoms with Crippen molar-refractivity contribution in [2.75, 3.05) is 0 Å². The summed E-state index contributed by atoms with van der Waals surface area (Å²) in [5.74, 6) is 0.566. The number of hydrogen-bond donors (Lipinski definition) is 1. The summed E-state index contributed by atoms with van der Waals surface area (Å²) in [4.78, 5) is 8.45. The van der Waals surface area contributed by atoms with Crippen LogP contribution in [0.4, 0.5) is 0 Å². The molecular formula is C14H14ClN5O. The average Bonchev–Trinajstić information content (AvgIpc) is 3.06. The van der Waals surface area contributed by atoms with E-state index in [0.29, 0.717) is 22.9 Å². The molecule has 7 heteroatoms. The lowest BCUT2D eigenvalue weighted by atomic mass is 9.82. The first-order chi connectivity index (χ1) is 10.1. The fourth-order valence-corrected chi connectivity index (χ4v) is 3.38. The SMILES string of the molecule is Cn1ncc2c1CCC[C@]2(O)c1ncc2c(Cl)nccn12. The predicted octanol–water partition coefficient (Wildman–Crippen LogP) is 1.69. The molecular weight excluding hydrogens is 290 g/mol. The van der Waals surface area contributed by atoms with Crippen LogP contribution in [0.15, 0.2) is 24.8 Å². The van der Waals surface area contributed by atoms with Crippen LogP contribution in [0.5, 0.6) is 0 Å². The van der Waals surface area contributed by atoms with Crippen molar-refractivity contribution in [2.45, 2.75) is 24.9 Å². The molecule has 0 saturated heterocycles. The van der Waals surface area contributed by atoms with Crippen LogP contribution in [-0.2, 0) is 19.1 Å². The number of aryl methyl sites for hydroxylation is 1. The van der Waals surface area contributed by atoms with E-state index in [4.69, 9.17) is 11.6 Å². The quantitative estimate of drug-likeness (QED) is 0.743. The van der Waals surface area contributed by atoms with E-state index in [0.717, 1.165) is 24.1 Å². The van der Waals surface area contributed by atoms with Gasteiger partial charge in [-0.1, -0.05) is 11.6 Å². The monoisotopic (exact) mass is 303 g/mol. The smallest absolute Gasteiger partial charge is 0.154 e. The third-order valence-electron chi connectivity index (χ3n) is 4.24. The van der Waals surface area contributed by atoms with Crippen LogP contribution in [0.25, 0.3) is 5.52 Å². The van der Waals surface area contributed by atoms with Gasteiger partial charge in [0, 0.05) is 30.7 Å². The summed E-state index contributed by atoms with van der Waals surface area (Å²) in [7, 11) is 1.90. The third kappa shape index (κ3) is 1.66. The Kier molecular flexibility index (Phi) is 2.61. The molecule has 0 fully saturated rings. The molecule has 0 saturated carbocycles.